The fourth-order valence-electron chi connectivity index (χ4n) is 2.28. The van der Waals surface area contributed by atoms with Gasteiger partial charge in [-0.05, 0) is 48.4 Å². The minimum absolute atomic E-state index is 0.0217. The Hall–Kier alpha value is -3.19. The van der Waals surface area contributed by atoms with Crippen LogP contribution in [0.1, 0.15) is 18.1 Å². The fourth-order valence-corrected chi connectivity index (χ4v) is 2.53. The number of non-ortho nitro benzene ring substituents is 1. The lowest BCUT2D eigenvalue weighted by Gasteiger charge is -2.09. The van der Waals surface area contributed by atoms with Crippen molar-refractivity contribution in [2.45, 2.75) is 13.5 Å². The molecule has 1 heterocycles. The number of rotatable bonds is 5. The predicted octanol–water partition coefficient (Wildman–Crippen LogP) is 4.14. The minimum Gasteiger partial charge on any atom is -0.487 e. The molecule has 0 atom stereocenters. The van der Waals surface area contributed by atoms with Gasteiger partial charge in [0, 0.05) is 12.1 Å². The van der Waals surface area contributed by atoms with E-state index in [1.165, 1.54) is 12.1 Å². The third-order valence-electron chi connectivity index (χ3n) is 3.68. The Morgan fingerprint density at radius 2 is 2.00 bits per heavy atom. The molecule has 0 N–H and O–H groups in total. The van der Waals surface area contributed by atoms with Crippen molar-refractivity contribution in [2.24, 2.45) is 5.16 Å². The van der Waals surface area contributed by atoms with E-state index >= 15 is 0 Å². The smallest absolute Gasteiger partial charge is 0.367 e. The molecule has 26 heavy (non-hydrogen) atoms. The van der Waals surface area contributed by atoms with E-state index < -0.39 is 10.9 Å². The summed E-state index contributed by atoms with van der Waals surface area (Å²) in [5.74, 6) is -0.0383. The number of nitro benzene ring substituents is 1. The van der Waals surface area contributed by atoms with Gasteiger partial charge in [-0.15, -0.1) is 0 Å². The summed E-state index contributed by atoms with van der Waals surface area (Å²) in [5.41, 5.74) is 2.39. The standard InChI is InChI=1S/C18H13ClN2O5/c1-11-15(18(22)26-20-11)8-13-4-7-17(16(19)9-13)25-10-12-2-5-14(6-3-12)21(23)24/h2-9H,10H2,1H3/b15-8+. The molecular formula is C18H13ClN2O5. The second-order valence-corrected chi connectivity index (χ2v) is 5.92. The molecule has 132 valence electrons. The van der Waals surface area contributed by atoms with E-state index in [1.807, 2.05) is 0 Å². The summed E-state index contributed by atoms with van der Waals surface area (Å²) < 4.78 is 5.65. The van der Waals surface area contributed by atoms with Gasteiger partial charge in [0.2, 0.25) is 0 Å². The van der Waals surface area contributed by atoms with Gasteiger partial charge in [-0.2, -0.15) is 0 Å². The molecule has 2 aromatic rings. The maximum atomic E-state index is 11.6. The van der Waals surface area contributed by atoms with Crippen LogP contribution in [0.2, 0.25) is 5.02 Å². The number of carbonyl (C=O) groups is 1. The van der Waals surface area contributed by atoms with Crippen LogP contribution in [0, 0.1) is 10.1 Å². The summed E-state index contributed by atoms with van der Waals surface area (Å²) in [7, 11) is 0. The van der Waals surface area contributed by atoms with Crippen molar-refractivity contribution in [1.82, 2.24) is 0 Å². The van der Waals surface area contributed by atoms with Gasteiger partial charge in [0.1, 0.15) is 12.4 Å². The molecular weight excluding hydrogens is 360 g/mol. The molecule has 7 nitrogen and oxygen atoms in total. The first-order valence-electron chi connectivity index (χ1n) is 7.58. The molecule has 0 bridgehead atoms. The lowest BCUT2D eigenvalue weighted by molar-refractivity contribution is -0.384. The average Bonchev–Trinajstić information content (AvgIpc) is 2.93. The summed E-state index contributed by atoms with van der Waals surface area (Å²) in [6.07, 6.45) is 1.64. The van der Waals surface area contributed by atoms with E-state index in [0.29, 0.717) is 27.6 Å². The van der Waals surface area contributed by atoms with Gasteiger partial charge >= 0.3 is 5.97 Å². The first-order valence-corrected chi connectivity index (χ1v) is 7.95. The number of halogens is 1. The molecule has 0 saturated heterocycles. The van der Waals surface area contributed by atoms with E-state index in [9.17, 15) is 14.9 Å². The summed E-state index contributed by atoms with van der Waals surface area (Å²) in [5, 5.41) is 14.6. The summed E-state index contributed by atoms with van der Waals surface area (Å²) >= 11 is 6.23. The Bertz CT molecular complexity index is 935. The van der Waals surface area contributed by atoms with Gasteiger partial charge in [-0.1, -0.05) is 22.8 Å². The quantitative estimate of drug-likeness (QED) is 0.340. The van der Waals surface area contributed by atoms with Crippen LogP contribution in [0.25, 0.3) is 6.08 Å². The van der Waals surface area contributed by atoms with E-state index in [4.69, 9.17) is 16.3 Å². The first kappa shape index (κ1) is 17.6. The van der Waals surface area contributed by atoms with Crippen LogP contribution >= 0.6 is 11.6 Å². The van der Waals surface area contributed by atoms with Crippen LogP contribution in [0.15, 0.2) is 53.2 Å². The molecule has 0 amide bonds. The number of hydrogen-bond donors (Lipinski definition) is 0. The highest BCUT2D eigenvalue weighted by atomic mass is 35.5. The number of oxime groups is 1. The molecule has 0 aliphatic carbocycles. The lowest BCUT2D eigenvalue weighted by atomic mass is 10.1. The monoisotopic (exact) mass is 372 g/mol. The van der Waals surface area contributed by atoms with E-state index in [-0.39, 0.29) is 12.3 Å². The molecule has 0 aromatic heterocycles. The Labute approximate surface area is 153 Å². The molecule has 0 fully saturated rings. The highest BCUT2D eigenvalue weighted by Gasteiger charge is 2.21. The second kappa shape index (κ2) is 7.37. The highest BCUT2D eigenvalue weighted by Crippen LogP contribution is 2.28. The van der Waals surface area contributed by atoms with Gasteiger partial charge in [0.15, 0.2) is 0 Å². The molecule has 0 spiro atoms. The molecule has 1 aliphatic heterocycles. The van der Waals surface area contributed by atoms with Crippen LogP contribution < -0.4 is 4.74 Å². The summed E-state index contributed by atoms with van der Waals surface area (Å²) in [4.78, 5) is 26.3. The maximum absolute atomic E-state index is 11.6. The molecule has 0 unspecified atom stereocenters. The zero-order valence-corrected chi connectivity index (χ0v) is 14.4. The number of hydrogen-bond acceptors (Lipinski definition) is 6. The average molecular weight is 373 g/mol. The molecule has 1 aliphatic rings. The number of benzene rings is 2. The SMILES string of the molecule is CC1=NOC(=O)/C1=C/c1ccc(OCc2ccc([N+](=O)[O-])cc2)c(Cl)c1. The van der Waals surface area contributed by atoms with Crippen molar-refractivity contribution < 1.29 is 19.3 Å². The van der Waals surface area contributed by atoms with Crippen LogP contribution in [-0.2, 0) is 16.2 Å². The third kappa shape index (κ3) is 3.89. The van der Waals surface area contributed by atoms with Gasteiger partial charge in [0.05, 0.1) is 21.2 Å². The normalized spacial score (nSPS) is 14.9. The molecule has 0 saturated carbocycles. The zero-order valence-electron chi connectivity index (χ0n) is 13.6. The topological polar surface area (TPSA) is 91.0 Å². The van der Waals surface area contributed by atoms with Crippen molar-refractivity contribution in [2.75, 3.05) is 0 Å². The van der Waals surface area contributed by atoms with Crippen molar-refractivity contribution in [3.8, 4) is 5.75 Å². The zero-order chi connectivity index (χ0) is 18.7. The van der Waals surface area contributed by atoms with Crippen LogP contribution in [-0.4, -0.2) is 16.6 Å². The van der Waals surface area contributed by atoms with E-state index in [0.717, 1.165) is 5.56 Å². The van der Waals surface area contributed by atoms with Crippen molar-refractivity contribution in [1.29, 1.82) is 0 Å². The largest absolute Gasteiger partial charge is 0.487 e. The minimum atomic E-state index is -0.503. The summed E-state index contributed by atoms with van der Waals surface area (Å²) in [6.45, 7) is 1.90. The van der Waals surface area contributed by atoms with Crippen molar-refractivity contribution in [3.05, 3.63) is 74.3 Å². The lowest BCUT2D eigenvalue weighted by Crippen LogP contribution is -2.01. The molecule has 8 heteroatoms. The Kier molecular flexibility index (Phi) is 4.99. The van der Waals surface area contributed by atoms with Crippen molar-refractivity contribution in [3.63, 3.8) is 0 Å². The van der Waals surface area contributed by atoms with Crippen LogP contribution in [0.5, 0.6) is 5.75 Å². The van der Waals surface area contributed by atoms with Gasteiger partial charge < -0.3 is 9.57 Å². The fraction of sp³-hybridized carbons (Fsp3) is 0.111. The van der Waals surface area contributed by atoms with E-state index in [1.54, 1.807) is 43.3 Å². The molecule has 3 rings (SSSR count). The number of carbonyl (C=O) groups excluding carboxylic acids is 1. The second-order valence-electron chi connectivity index (χ2n) is 5.52. The van der Waals surface area contributed by atoms with E-state index in [2.05, 4.69) is 9.99 Å². The highest BCUT2D eigenvalue weighted by molar-refractivity contribution is 6.32. The Morgan fingerprint density at radius 1 is 1.27 bits per heavy atom. The third-order valence-corrected chi connectivity index (χ3v) is 3.98. The summed E-state index contributed by atoms with van der Waals surface area (Å²) in [6, 6.07) is 11.2. The van der Waals surface area contributed by atoms with Gasteiger partial charge in [-0.3, -0.25) is 10.1 Å². The number of ether oxygens (including phenoxy) is 1. The molecule has 0 radical (unpaired) electrons. The maximum Gasteiger partial charge on any atom is 0.367 e. The number of nitrogens with zero attached hydrogens (tertiary/aromatic N) is 2. The van der Waals surface area contributed by atoms with Crippen LogP contribution in [0.4, 0.5) is 5.69 Å². The molecule has 2 aromatic carbocycles. The Balaban J connectivity index is 1.70. The van der Waals surface area contributed by atoms with Crippen LogP contribution in [0.3, 0.4) is 0 Å². The van der Waals surface area contributed by atoms with Gasteiger partial charge in [0.25, 0.3) is 5.69 Å². The Morgan fingerprint density at radius 3 is 2.58 bits per heavy atom. The van der Waals surface area contributed by atoms with Gasteiger partial charge in [-0.25, -0.2) is 4.79 Å². The van der Waals surface area contributed by atoms with Crippen molar-refractivity contribution >= 4 is 35.0 Å². The first-order chi connectivity index (χ1) is 12.4. The number of nitro groups is 1. The predicted molar refractivity (Wildman–Crippen MR) is 96.1 cm³/mol.